The van der Waals surface area contributed by atoms with Crippen molar-refractivity contribution >= 4 is 17.6 Å². The van der Waals surface area contributed by atoms with E-state index in [0.717, 1.165) is 49.7 Å². The standard InChI is InChI=1S/C36H41NO6S/c1-40-31-14-13-25-23-29-30(37)17-21-35(24-41-33(31)32(25)35)36(29,18-8-22-38)43-44(39)42-28-15-19-34(20-16-28,26-9-4-2-5-10-26)27-11-6-3-7-12-27/h2-7,9-14,22,28-30H,8,15-21,23-24,37H2,1H3. The third kappa shape index (κ3) is 4.56. The molecule has 2 N–H and O–H groups in total. The van der Waals surface area contributed by atoms with Crippen molar-refractivity contribution in [1.29, 1.82) is 0 Å². The normalized spacial score (nSPS) is 29.3. The highest BCUT2D eigenvalue weighted by molar-refractivity contribution is 7.75. The number of benzene rings is 3. The molecule has 7 nitrogen and oxygen atoms in total. The molecule has 2 bridgehead atoms. The largest absolute Gasteiger partial charge is 0.493 e. The molecule has 5 unspecified atom stereocenters. The van der Waals surface area contributed by atoms with Gasteiger partial charge in [-0.1, -0.05) is 66.7 Å². The molecule has 8 heteroatoms. The molecule has 0 radical (unpaired) electrons. The van der Waals surface area contributed by atoms with Crippen molar-refractivity contribution in [1.82, 2.24) is 0 Å². The van der Waals surface area contributed by atoms with Crippen molar-refractivity contribution in [3.05, 3.63) is 95.1 Å². The predicted molar refractivity (Wildman–Crippen MR) is 169 cm³/mol. The minimum Gasteiger partial charge on any atom is -0.493 e. The number of nitrogens with two attached hydrogens (primary N) is 1. The molecule has 2 saturated carbocycles. The summed E-state index contributed by atoms with van der Waals surface area (Å²) in [5.41, 5.74) is 9.95. The second kappa shape index (κ2) is 11.7. The number of fused-ring (bicyclic) bond motifs is 1. The smallest absolute Gasteiger partial charge is 0.305 e. The van der Waals surface area contributed by atoms with Crippen LogP contribution in [0.1, 0.15) is 73.6 Å². The average Bonchev–Trinajstić information content (AvgIpc) is 3.46. The molecule has 2 fully saturated rings. The van der Waals surface area contributed by atoms with Crippen molar-refractivity contribution in [2.24, 2.45) is 11.7 Å². The fourth-order valence-corrected chi connectivity index (χ4v) is 10.1. The fourth-order valence-electron chi connectivity index (χ4n) is 9.05. The monoisotopic (exact) mass is 615 g/mol. The Morgan fingerprint density at radius 1 is 0.955 bits per heavy atom. The molecule has 3 aromatic rings. The summed E-state index contributed by atoms with van der Waals surface area (Å²) in [6.45, 7) is 0.370. The summed E-state index contributed by atoms with van der Waals surface area (Å²) in [7, 11) is 1.64. The second-order valence-corrected chi connectivity index (χ2v) is 13.8. The Hall–Kier alpha value is -3.04. The van der Waals surface area contributed by atoms with E-state index in [4.69, 9.17) is 23.6 Å². The van der Waals surface area contributed by atoms with Crippen LogP contribution >= 0.6 is 0 Å². The summed E-state index contributed by atoms with van der Waals surface area (Å²) < 4.78 is 38.9. The van der Waals surface area contributed by atoms with Crippen LogP contribution in [-0.2, 0) is 41.8 Å². The quantitative estimate of drug-likeness (QED) is 0.285. The molecule has 1 spiro atoms. The van der Waals surface area contributed by atoms with E-state index < -0.39 is 22.4 Å². The molecule has 232 valence electrons. The van der Waals surface area contributed by atoms with Gasteiger partial charge in [-0.25, -0.2) is 0 Å². The molecule has 44 heavy (non-hydrogen) atoms. The summed E-state index contributed by atoms with van der Waals surface area (Å²) in [5, 5.41) is 0. The third-order valence-corrected chi connectivity index (χ3v) is 12.0. The maximum Gasteiger partial charge on any atom is 0.305 e. The molecule has 4 aliphatic rings. The van der Waals surface area contributed by atoms with Crippen LogP contribution < -0.4 is 15.2 Å². The molecule has 0 amide bonds. The van der Waals surface area contributed by atoms with E-state index in [1.54, 1.807) is 7.11 Å². The van der Waals surface area contributed by atoms with Crippen LogP contribution in [0.5, 0.6) is 11.5 Å². The van der Waals surface area contributed by atoms with E-state index in [9.17, 15) is 9.00 Å². The van der Waals surface area contributed by atoms with Crippen LogP contribution in [-0.4, -0.2) is 42.0 Å². The van der Waals surface area contributed by atoms with Gasteiger partial charge in [-0.15, -0.1) is 0 Å². The van der Waals surface area contributed by atoms with Gasteiger partial charge in [0.15, 0.2) is 11.5 Å². The van der Waals surface area contributed by atoms with Gasteiger partial charge in [0.2, 0.25) is 0 Å². The first kappa shape index (κ1) is 29.7. The molecule has 3 aromatic carbocycles. The minimum atomic E-state index is -2.04. The Bertz CT molecular complexity index is 1480. The molecule has 1 aliphatic heterocycles. The molecule has 0 saturated heterocycles. The van der Waals surface area contributed by atoms with Crippen molar-refractivity contribution in [3.63, 3.8) is 0 Å². The SMILES string of the molecule is COc1ccc2c3c1OCC31CCC(N)C(C2)C1(CCC=O)OS(=O)OC1CCC(c2ccccc2)(c2ccccc2)CC1. The highest BCUT2D eigenvalue weighted by Crippen LogP contribution is 2.64. The van der Waals surface area contributed by atoms with Gasteiger partial charge in [0.25, 0.3) is 0 Å². The molecular formula is C36H41NO6S. The van der Waals surface area contributed by atoms with Crippen LogP contribution in [0.2, 0.25) is 0 Å². The number of carbonyl (C=O) groups is 1. The lowest BCUT2D eigenvalue weighted by atomic mass is 9.49. The highest BCUT2D eigenvalue weighted by Gasteiger charge is 2.68. The van der Waals surface area contributed by atoms with Gasteiger partial charge in [0.1, 0.15) is 18.5 Å². The Morgan fingerprint density at radius 3 is 2.27 bits per heavy atom. The van der Waals surface area contributed by atoms with Crippen molar-refractivity contribution in [2.45, 2.75) is 86.4 Å². The van der Waals surface area contributed by atoms with Gasteiger partial charge in [-0.2, -0.15) is 4.21 Å². The summed E-state index contributed by atoms with van der Waals surface area (Å²) in [5.74, 6) is 1.28. The average molecular weight is 616 g/mol. The van der Waals surface area contributed by atoms with E-state index in [1.165, 1.54) is 16.7 Å². The zero-order valence-corrected chi connectivity index (χ0v) is 26.1. The van der Waals surface area contributed by atoms with Crippen LogP contribution in [0.4, 0.5) is 0 Å². The van der Waals surface area contributed by atoms with Gasteiger partial charge < -0.3 is 20.0 Å². The van der Waals surface area contributed by atoms with Gasteiger partial charge in [0.05, 0.1) is 18.6 Å². The summed E-state index contributed by atoms with van der Waals surface area (Å²) in [6.07, 6.45) is 6.81. The summed E-state index contributed by atoms with van der Waals surface area (Å²) in [4.78, 5) is 11.8. The zero-order chi connectivity index (χ0) is 30.4. The number of aldehydes is 1. The first-order chi connectivity index (χ1) is 21.5. The highest BCUT2D eigenvalue weighted by atomic mass is 32.2. The maximum absolute atomic E-state index is 14.0. The predicted octanol–water partition coefficient (Wildman–Crippen LogP) is 5.88. The lowest BCUT2D eigenvalue weighted by Gasteiger charge is -2.59. The lowest BCUT2D eigenvalue weighted by molar-refractivity contribution is -0.125. The first-order valence-electron chi connectivity index (χ1n) is 15.9. The second-order valence-electron chi connectivity index (χ2n) is 13.0. The topological polar surface area (TPSA) is 97.1 Å². The Balaban J connectivity index is 1.16. The van der Waals surface area contributed by atoms with E-state index in [0.29, 0.717) is 31.6 Å². The number of ether oxygens (including phenoxy) is 2. The minimum absolute atomic E-state index is 0.123. The lowest BCUT2D eigenvalue weighted by Crippen LogP contribution is -2.69. The first-order valence-corrected chi connectivity index (χ1v) is 16.9. The Labute approximate surface area is 262 Å². The zero-order valence-electron chi connectivity index (χ0n) is 25.2. The van der Waals surface area contributed by atoms with Crippen LogP contribution in [0.3, 0.4) is 0 Å². The molecule has 7 rings (SSSR count). The summed E-state index contributed by atoms with van der Waals surface area (Å²) in [6, 6.07) is 25.2. The van der Waals surface area contributed by atoms with Crippen molar-refractivity contribution in [2.75, 3.05) is 13.7 Å². The number of hydrogen-bond donors (Lipinski definition) is 1. The molecule has 5 atom stereocenters. The van der Waals surface area contributed by atoms with Gasteiger partial charge in [-0.3, -0.25) is 8.37 Å². The van der Waals surface area contributed by atoms with Crippen molar-refractivity contribution in [3.8, 4) is 11.5 Å². The number of carbonyl (C=O) groups excluding carboxylic acids is 1. The van der Waals surface area contributed by atoms with Crippen molar-refractivity contribution < 1.29 is 26.8 Å². The molecule has 1 heterocycles. The fraction of sp³-hybridized carbons (Fsp3) is 0.472. The van der Waals surface area contributed by atoms with Gasteiger partial charge >= 0.3 is 11.4 Å². The van der Waals surface area contributed by atoms with E-state index in [-0.39, 0.29) is 29.9 Å². The Kier molecular flexibility index (Phi) is 7.90. The van der Waals surface area contributed by atoms with Gasteiger partial charge in [0, 0.05) is 29.4 Å². The molecule has 3 aliphatic carbocycles. The maximum atomic E-state index is 14.0. The van der Waals surface area contributed by atoms with E-state index in [1.807, 2.05) is 6.07 Å². The number of methoxy groups -OCH3 is 1. The third-order valence-electron chi connectivity index (χ3n) is 11.1. The van der Waals surface area contributed by atoms with Crippen LogP contribution in [0, 0.1) is 5.92 Å². The van der Waals surface area contributed by atoms with Crippen LogP contribution in [0.15, 0.2) is 72.8 Å². The van der Waals surface area contributed by atoms with E-state index >= 15 is 0 Å². The molecule has 0 aromatic heterocycles. The number of rotatable bonds is 10. The Morgan fingerprint density at radius 2 is 1.64 bits per heavy atom. The van der Waals surface area contributed by atoms with E-state index in [2.05, 4.69) is 66.7 Å². The number of hydrogen-bond acceptors (Lipinski definition) is 7. The molecular weight excluding hydrogens is 574 g/mol. The summed E-state index contributed by atoms with van der Waals surface area (Å²) >= 11 is -2.04. The van der Waals surface area contributed by atoms with Crippen LogP contribution in [0.25, 0.3) is 0 Å². The van der Waals surface area contributed by atoms with Gasteiger partial charge in [-0.05, 0) is 74.1 Å².